The Morgan fingerprint density at radius 1 is 1.40 bits per heavy atom. The van der Waals surface area contributed by atoms with Crippen LogP contribution in [0.3, 0.4) is 0 Å². The van der Waals surface area contributed by atoms with E-state index >= 15 is 0 Å². The van der Waals surface area contributed by atoms with Crippen LogP contribution in [-0.4, -0.2) is 37.3 Å². The zero-order valence-electron chi connectivity index (χ0n) is 12.0. The van der Waals surface area contributed by atoms with Crippen LogP contribution in [0.15, 0.2) is 23.1 Å². The predicted molar refractivity (Wildman–Crippen MR) is 77.3 cm³/mol. The lowest BCUT2D eigenvalue weighted by molar-refractivity contribution is -0.387. The van der Waals surface area contributed by atoms with E-state index in [1.807, 2.05) is 6.92 Å². The smallest absolute Gasteiger partial charge is 0.291 e. The average Bonchev–Trinajstić information content (AvgIpc) is 2.37. The Kier molecular flexibility index (Phi) is 5.07. The van der Waals surface area contributed by atoms with Crippen molar-refractivity contribution in [3.05, 3.63) is 28.3 Å². The van der Waals surface area contributed by atoms with Gasteiger partial charge < -0.3 is 5.32 Å². The summed E-state index contributed by atoms with van der Waals surface area (Å²) in [5, 5.41) is 14.0. The quantitative estimate of drug-likeness (QED) is 0.641. The molecule has 0 aliphatic rings. The molecular formula is C12H19N3O4S. The third-order valence-electron chi connectivity index (χ3n) is 2.92. The molecule has 0 spiro atoms. The Labute approximate surface area is 118 Å². The Bertz CT molecular complexity index is 599. The lowest BCUT2D eigenvalue weighted by Gasteiger charge is -2.21. The minimum Gasteiger partial charge on any atom is -0.385 e. The van der Waals surface area contributed by atoms with E-state index in [0.29, 0.717) is 12.2 Å². The lowest BCUT2D eigenvalue weighted by Crippen LogP contribution is -2.33. The molecule has 1 rings (SSSR count). The Hall–Kier alpha value is -1.67. The molecule has 0 aromatic heterocycles. The summed E-state index contributed by atoms with van der Waals surface area (Å²) in [6.07, 6.45) is 0. The molecule has 0 aliphatic carbocycles. The average molecular weight is 301 g/mol. The number of hydrogen-bond donors (Lipinski definition) is 1. The van der Waals surface area contributed by atoms with Gasteiger partial charge in [-0.25, -0.2) is 8.42 Å². The summed E-state index contributed by atoms with van der Waals surface area (Å²) in [7, 11) is -2.48. The molecule has 8 heteroatoms. The molecule has 0 amide bonds. The minimum atomic E-state index is -3.88. The van der Waals surface area contributed by atoms with E-state index in [-0.39, 0.29) is 10.9 Å². The summed E-state index contributed by atoms with van der Waals surface area (Å²) in [6, 6.07) is 3.75. The van der Waals surface area contributed by atoms with E-state index in [2.05, 4.69) is 5.32 Å². The van der Waals surface area contributed by atoms with Crippen LogP contribution in [0.2, 0.25) is 0 Å². The van der Waals surface area contributed by atoms with Crippen LogP contribution in [0.1, 0.15) is 20.8 Å². The maximum Gasteiger partial charge on any atom is 0.291 e. The van der Waals surface area contributed by atoms with Gasteiger partial charge in [0, 0.05) is 31.4 Å². The first-order valence-corrected chi connectivity index (χ1v) is 7.66. The monoisotopic (exact) mass is 301 g/mol. The Morgan fingerprint density at radius 3 is 2.45 bits per heavy atom. The standard InChI is InChI=1S/C12H19N3O4S/c1-5-13-10-6-7-12(11(8-10)15(16)17)20(18,19)14(4)9(2)3/h6-9,13H,5H2,1-4H3. The van der Waals surface area contributed by atoms with E-state index in [1.54, 1.807) is 13.8 Å². The molecule has 7 nitrogen and oxygen atoms in total. The van der Waals surface area contributed by atoms with Crippen molar-refractivity contribution in [1.29, 1.82) is 0 Å². The number of nitrogens with one attached hydrogen (secondary N) is 1. The molecule has 0 heterocycles. The van der Waals surface area contributed by atoms with Crippen LogP contribution in [0, 0.1) is 10.1 Å². The van der Waals surface area contributed by atoms with Gasteiger partial charge in [0.05, 0.1) is 4.92 Å². The number of sulfonamides is 1. The van der Waals surface area contributed by atoms with Gasteiger partial charge in [0.1, 0.15) is 0 Å². The van der Waals surface area contributed by atoms with Gasteiger partial charge in [-0.3, -0.25) is 10.1 Å². The number of benzene rings is 1. The van der Waals surface area contributed by atoms with Crippen LogP contribution in [-0.2, 0) is 10.0 Å². The molecule has 20 heavy (non-hydrogen) atoms. The number of hydrogen-bond acceptors (Lipinski definition) is 5. The second-order valence-electron chi connectivity index (χ2n) is 4.58. The normalized spacial score (nSPS) is 11.9. The van der Waals surface area contributed by atoms with Crippen molar-refractivity contribution in [2.24, 2.45) is 0 Å². The van der Waals surface area contributed by atoms with E-state index in [0.717, 1.165) is 4.31 Å². The molecule has 0 aliphatic heterocycles. The van der Waals surface area contributed by atoms with Gasteiger partial charge in [-0.05, 0) is 32.9 Å². The fraction of sp³-hybridized carbons (Fsp3) is 0.500. The van der Waals surface area contributed by atoms with Gasteiger partial charge >= 0.3 is 0 Å². The Morgan fingerprint density at radius 2 is 2.00 bits per heavy atom. The third-order valence-corrected chi connectivity index (χ3v) is 5.00. The molecule has 0 unspecified atom stereocenters. The first-order valence-electron chi connectivity index (χ1n) is 6.22. The summed E-state index contributed by atoms with van der Waals surface area (Å²) in [6.45, 7) is 5.85. The molecule has 1 aromatic carbocycles. The second kappa shape index (κ2) is 6.19. The molecule has 0 saturated carbocycles. The summed E-state index contributed by atoms with van der Waals surface area (Å²) >= 11 is 0. The van der Waals surface area contributed by atoms with Crippen molar-refractivity contribution < 1.29 is 13.3 Å². The van der Waals surface area contributed by atoms with Gasteiger partial charge in [-0.1, -0.05) is 0 Å². The molecule has 112 valence electrons. The van der Waals surface area contributed by atoms with Crippen molar-refractivity contribution in [1.82, 2.24) is 4.31 Å². The van der Waals surface area contributed by atoms with Crippen molar-refractivity contribution in [2.45, 2.75) is 31.7 Å². The van der Waals surface area contributed by atoms with Crippen LogP contribution >= 0.6 is 0 Å². The van der Waals surface area contributed by atoms with Gasteiger partial charge in [0.2, 0.25) is 10.0 Å². The summed E-state index contributed by atoms with van der Waals surface area (Å²) in [5.41, 5.74) is 0.0984. The topological polar surface area (TPSA) is 92.6 Å². The largest absolute Gasteiger partial charge is 0.385 e. The number of nitrogens with zero attached hydrogens (tertiary/aromatic N) is 2. The molecule has 0 radical (unpaired) electrons. The van der Waals surface area contributed by atoms with Crippen molar-refractivity contribution in [3.63, 3.8) is 0 Å². The number of nitro benzene ring substituents is 1. The Balaban J connectivity index is 3.41. The second-order valence-corrected chi connectivity index (χ2v) is 6.55. The summed E-state index contributed by atoms with van der Waals surface area (Å²) in [5.74, 6) is 0. The molecule has 0 saturated heterocycles. The number of nitro groups is 1. The molecule has 1 aromatic rings. The highest BCUT2D eigenvalue weighted by atomic mass is 32.2. The van der Waals surface area contributed by atoms with Gasteiger partial charge in [0.25, 0.3) is 5.69 Å². The third kappa shape index (κ3) is 3.26. The maximum absolute atomic E-state index is 12.4. The molecule has 0 fully saturated rings. The zero-order chi connectivity index (χ0) is 15.5. The van der Waals surface area contributed by atoms with E-state index < -0.39 is 20.6 Å². The highest BCUT2D eigenvalue weighted by Gasteiger charge is 2.31. The molecular weight excluding hydrogens is 282 g/mol. The molecule has 1 N–H and O–H groups in total. The highest BCUT2D eigenvalue weighted by Crippen LogP contribution is 2.29. The predicted octanol–water partition coefficient (Wildman–Crippen LogP) is 2.06. The zero-order valence-corrected chi connectivity index (χ0v) is 12.8. The first-order chi connectivity index (χ1) is 9.21. The molecule has 0 bridgehead atoms. The van der Waals surface area contributed by atoms with E-state index in [9.17, 15) is 18.5 Å². The summed E-state index contributed by atoms with van der Waals surface area (Å²) in [4.78, 5) is 10.1. The van der Waals surface area contributed by atoms with Crippen LogP contribution in [0.5, 0.6) is 0 Å². The van der Waals surface area contributed by atoms with Gasteiger partial charge in [-0.15, -0.1) is 0 Å². The van der Waals surface area contributed by atoms with Gasteiger partial charge in [0.15, 0.2) is 4.90 Å². The summed E-state index contributed by atoms with van der Waals surface area (Å²) < 4.78 is 25.9. The SMILES string of the molecule is CCNc1ccc(S(=O)(=O)N(C)C(C)C)c([N+](=O)[O-])c1. The van der Waals surface area contributed by atoms with Crippen LogP contribution in [0.4, 0.5) is 11.4 Å². The van der Waals surface area contributed by atoms with E-state index in [4.69, 9.17) is 0 Å². The highest BCUT2D eigenvalue weighted by molar-refractivity contribution is 7.89. The van der Waals surface area contributed by atoms with Crippen molar-refractivity contribution >= 4 is 21.4 Å². The minimum absolute atomic E-state index is 0.284. The number of rotatable bonds is 6. The lowest BCUT2D eigenvalue weighted by atomic mass is 10.3. The fourth-order valence-corrected chi connectivity index (χ4v) is 3.13. The molecule has 0 atom stereocenters. The first kappa shape index (κ1) is 16.4. The van der Waals surface area contributed by atoms with Gasteiger partial charge in [-0.2, -0.15) is 4.31 Å². The number of anilines is 1. The van der Waals surface area contributed by atoms with Crippen LogP contribution < -0.4 is 5.32 Å². The van der Waals surface area contributed by atoms with E-state index in [1.165, 1.54) is 25.2 Å². The maximum atomic E-state index is 12.4. The van der Waals surface area contributed by atoms with Crippen LogP contribution in [0.25, 0.3) is 0 Å². The van der Waals surface area contributed by atoms with Crippen molar-refractivity contribution in [2.75, 3.05) is 18.9 Å². The fourth-order valence-electron chi connectivity index (χ4n) is 1.62. The van der Waals surface area contributed by atoms with Crippen molar-refractivity contribution in [3.8, 4) is 0 Å².